The molecule has 0 unspecified atom stereocenters. The lowest BCUT2D eigenvalue weighted by atomic mass is 9.73. The van der Waals surface area contributed by atoms with Gasteiger partial charge in [0.25, 0.3) is 0 Å². The first-order valence-electron chi connectivity index (χ1n) is 8.47. The summed E-state index contributed by atoms with van der Waals surface area (Å²) in [6.07, 6.45) is 12.7. The van der Waals surface area contributed by atoms with E-state index in [1.54, 1.807) is 13.8 Å². The Labute approximate surface area is 135 Å². The van der Waals surface area contributed by atoms with Crippen LogP contribution in [-0.4, -0.2) is 38.7 Å². The normalized spacial score (nSPS) is 26.4. The highest BCUT2D eigenvalue weighted by Gasteiger charge is 2.28. The highest BCUT2D eigenvalue weighted by molar-refractivity contribution is 7.90. The highest BCUT2D eigenvalue weighted by atomic mass is 32.2. The van der Waals surface area contributed by atoms with Crippen molar-refractivity contribution < 1.29 is 8.42 Å². The summed E-state index contributed by atoms with van der Waals surface area (Å²) in [7, 11) is -1.03. The van der Waals surface area contributed by atoms with E-state index in [0.29, 0.717) is 18.4 Å². The van der Waals surface area contributed by atoms with Gasteiger partial charge in [-0.15, -0.1) is 0 Å². The fraction of sp³-hybridized carbons (Fsp3) is 0.765. The van der Waals surface area contributed by atoms with Gasteiger partial charge in [-0.1, -0.05) is 25.0 Å². The largest absolute Gasteiger partial charge is 0.376 e. The first kappa shape index (κ1) is 17.5. The third-order valence-corrected chi connectivity index (χ3v) is 6.70. The van der Waals surface area contributed by atoms with Crippen LogP contribution in [-0.2, 0) is 10.0 Å². The molecule has 1 heterocycles. The fourth-order valence-corrected chi connectivity index (χ4v) is 4.21. The van der Waals surface area contributed by atoms with E-state index in [1.807, 2.05) is 0 Å². The minimum atomic E-state index is -3.14. The van der Waals surface area contributed by atoms with Crippen molar-refractivity contribution >= 4 is 10.0 Å². The number of rotatable bonds is 6. The van der Waals surface area contributed by atoms with Gasteiger partial charge < -0.3 is 4.90 Å². The molecular weight excluding hydrogens is 296 g/mol. The number of hydrogen-bond acceptors (Lipinski definition) is 3. The maximum Gasteiger partial charge on any atom is 0.213 e. The molecule has 1 saturated carbocycles. The van der Waals surface area contributed by atoms with Crippen LogP contribution in [0.25, 0.3) is 0 Å². The summed E-state index contributed by atoms with van der Waals surface area (Å²) < 4.78 is 26.5. The molecule has 0 amide bonds. The van der Waals surface area contributed by atoms with E-state index in [0.717, 1.165) is 13.0 Å². The molecular formula is C17H30N2O2S. The van der Waals surface area contributed by atoms with Crippen LogP contribution in [0, 0.1) is 11.8 Å². The summed E-state index contributed by atoms with van der Waals surface area (Å²) in [4.78, 5) is 2.22. The maximum atomic E-state index is 11.9. The lowest BCUT2D eigenvalue weighted by molar-refractivity contribution is 0.257. The molecule has 2 rings (SSSR count). The van der Waals surface area contributed by atoms with Crippen LogP contribution in [0.2, 0.25) is 0 Å². The zero-order chi connectivity index (χ0) is 16.2. The summed E-state index contributed by atoms with van der Waals surface area (Å²) in [5.41, 5.74) is 1.42. The van der Waals surface area contributed by atoms with Crippen molar-refractivity contribution in [2.45, 2.75) is 51.2 Å². The van der Waals surface area contributed by atoms with Gasteiger partial charge in [0.2, 0.25) is 10.0 Å². The number of nitrogens with one attached hydrogen (secondary N) is 1. The molecule has 0 saturated heterocycles. The Hall–Kier alpha value is -0.810. The molecule has 0 spiro atoms. The summed E-state index contributed by atoms with van der Waals surface area (Å²) in [6, 6.07) is 0. The molecule has 0 aromatic carbocycles. The third-order valence-electron chi connectivity index (χ3n) is 4.85. The van der Waals surface area contributed by atoms with Gasteiger partial charge >= 0.3 is 0 Å². The summed E-state index contributed by atoms with van der Waals surface area (Å²) in [5.74, 6) is 1.17. The van der Waals surface area contributed by atoms with Crippen molar-refractivity contribution in [3.63, 3.8) is 0 Å². The second kappa shape index (κ2) is 7.64. The van der Waals surface area contributed by atoms with Gasteiger partial charge in [0.05, 0.1) is 5.25 Å². The van der Waals surface area contributed by atoms with E-state index in [2.05, 4.69) is 35.0 Å². The molecule has 0 radical (unpaired) electrons. The second-order valence-electron chi connectivity index (χ2n) is 6.90. The molecule has 5 heteroatoms. The zero-order valence-electron chi connectivity index (χ0n) is 14.1. The Morgan fingerprint density at radius 1 is 1.32 bits per heavy atom. The van der Waals surface area contributed by atoms with Crippen LogP contribution in [0.1, 0.15) is 46.0 Å². The lowest BCUT2D eigenvalue weighted by Crippen LogP contribution is -2.34. The summed E-state index contributed by atoms with van der Waals surface area (Å²) >= 11 is 0. The lowest BCUT2D eigenvalue weighted by Gasteiger charge is -2.34. The van der Waals surface area contributed by atoms with E-state index in [9.17, 15) is 8.42 Å². The monoisotopic (exact) mass is 326 g/mol. The van der Waals surface area contributed by atoms with Crippen LogP contribution < -0.4 is 4.72 Å². The van der Waals surface area contributed by atoms with Crippen LogP contribution >= 0.6 is 0 Å². The Bertz CT molecular complexity index is 523. The molecule has 0 aromatic rings. The standard InChI is InChI=1S/C17H30N2O2S/c1-14(2)22(20,21)18-11-10-15-7-4-5-9-17(15)16-8-6-12-19(3)13-16/h6,8,13-15,17-18H,4-5,7,9-12H2,1-3H3/t15-,17+/m0/s1. The number of hydrogen-bond donors (Lipinski definition) is 1. The SMILES string of the molecule is CC(C)S(=O)(=O)NCC[C@@H]1CCCC[C@H]1C1=CN(C)CC=C1. The van der Waals surface area contributed by atoms with E-state index >= 15 is 0 Å². The molecule has 126 valence electrons. The van der Waals surface area contributed by atoms with Gasteiger partial charge in [0.15, 0.2) is 0 Å². The maximum absolute atomic E-state index is 11.9. The Balaban J connectivity index is 1.94. The van der Waals surface area contributed by atoms with Gasteiger partial charge in [-0.05, 0) is 50.5 Å². The number of nitrogens with zero attached hydrogens (tertiary/aromatic N) is 1. The van der Waals surface area contributed by atoms with Crippen molar-refractivity contribution in [1.82, 2.24) is 9.62 Å². The van der Waals surface area contributed by atoms with E-state index in [1.165, 1.54) is 31.3 Å². The molecule has 1 aliphatic heterocycles. The smallest absolute Gasteiger partial charge is 0.213 e. The van der Waals surface area contributed by atoms with E-state index < -0.39 is 10.0 Å². The first-order valence-corrected chi connectivity index (χ1v) is 10.0. The minimum absolute atomic E-state index is 0.354. The molecule has 4 nitrogen and oxygen atoms in total. The number of allylic oxidation sites excluding steroid dienone is 2. The Morgan fingerprint density at radius 3 is 2.73 bits per heavy atom. The molecule has 1 N–H and O–H groups in total. The van der Waals surface area contributed by atoms with Gasteiger partial charge in [-0.25, -0.2) is 13.1 Å². The molecule has 0 aromatic heterocycles. The highest BCUT2D eigenvalue weighted by Crippen LogP contribution is 2.38. The van der Waals surface area contributed by atoms with Crippen molar-refractivity contribution in [3.05, 3.63) is 23.9 Å². The van der Waals surface area contributed by atoms with Gasteiger partial charge in [0, 0.05) is 26.3 Å². The van der Waals surface area contributed by atoms with Gasteiger partial charge in [-0.2, -0.15) is 0 Å². The van der Waals surface area contributed by atoms with Crippen LogP contribution in [0.3, 0.4) is 0 Å². The zero-order valence-corrected chi connectivity index (χ0v) is 14.9. The van der Waals surface area contributed by atoms with Gasteiger partial charge in [-0.3, -0.25) is 0 Å². The minimum Gasteiger partial charge on any atom is -0.376 e. The van der Waals surface area contributed by atoms with Crippen LogP contribution in [0.5, 0.6) is 0 Å². The molecule has 2 aliphatic rings. The molecule has 1 fully saturated rings. The fourth-order valence-electron chi connectivity index (χ4n) is 3.47. The summed E-state index contributed by atoms with van der Waals surface area (Å²) in [5, 5.41) is -0.354. The van der Waals surface area contributed by atoms with Gasteiger partial charge in [0.1, 0.15) is 0 Å². The summed E-state index contributed by atoms with van der Waals surface area (Å²) in [6.45, 7) is 4.99. The molecule has 2 atom stereocenters. The topological polar surface area (TPSA) is 49.4 Å². The Morgan fingerprint density at radius 2 is 2.05 bits per heavy atom. The predicted octanol–water partition coefficient (Wildman–Crippen LogP) is 2.90. The average Bonchev–Trinajstić information content (AvgIpc) is 2.47. The van der Waals surface area contributed by atoms with Crippen molar-refractivity contribution in [3.8, 4) is 0 Å². The first-order chi connectivity index (χ1) is 10.4. The van der Waals surface area contributed by atoms with Crippen molar-refractivity contribution in [1.29, 1.82) is 0 Å². The van der Waals surface area contributed by atoms with E-state index in [4.69, 9.17) is 0 Å². The van der Waals surface area contributed by atoms with E-state index in [-0.39, 0.29) is 5.25 Å². The van der Waals surface area contributed by atoms with Crippen LogP contribution in [0.4, 0.5) is 0 Å². The van der Waals surface area contributed by atoms with Crippen molar-refractivity contribution in [2.24, 2.45) is 11.8 Å². The molecule has 1 aliphatic carbocycles. The van der Waals surface area contributed by atoms with Crippen LogP contribution in [0.15, 0.2) is 23.9 Å². The second-order valence-corrected chi connectivity index (χ2v) is 9.22. The Kier molecular flexibility index (Phi) is 6.09. The predicted molar refractivity (Wildman–Crippen MR) is 92.0 cm³/mol. The quantitative estimate of drug-likeness (QED) is 0.816. The number of sulfonamides is 1. The molecule has 0 bridgehead atoms. The molecule has 22 heavy (non-hydrogen) atoms. The number of likely N-dealkylation sites (N-methyl/N-ethyl adjacent to an activating group) is 1. The third kappa shape index (κ3) is 4.59. The average molecular weight is 327 g/mol. The van der Waals surface area contributed by atoms with Crippen molar-refractivity contribution in [2.75, 3.05) is 20.1 Å².